The highest BCUT2D eigenvalue weighted by molar-refractivity contribution is 5.91. The van der Waals surface area contributed by atoms with Gasteiger partial charge in [0.25, 0.3) is 0 Å². The Bertz CT molecular complexity index is 667. The monoisotopic (exact) mass is 453 g/mol. The molecule has 0 spiro atoms. The highest BCUT2D eigenvalue weighted by atomic mass is 16.5. The Morgan fingerprint density at radius 2 is 1.81 bits per heavy atom. The number of piperidine rings is 1. The predicted octanol–water partition coefficient (Wildman–Crippen LogP) is 3.63. The summed E-state index contributed by atoms with van der Waals surface area (Å²) < 4.78 is 5.08. The molecule has 3 atom stereocenters. The van der Waals surface area contributed by atoms with E-state index in [1.165, 1.54) is 0 Å². The van der Waals surface area contributed by atoms with Gasteiger partial charge in [-0.3, -0.25) is 14.5 Å². The quantitative estimate of drug-likeness (QED) is 0.448. The molecule has 0 radical (unpaired) electrons. The van der Waals surface area contributed by atoms with Gasteiger partial charge in [0.1, 0.15) is 6.04 Å². The summed E-state index contributed by atoms with van der Waals surface area (Å²) in [5, 5.41) is 3.04. The van der Waals surface area contributed by atoms with Crippen LogP contribution < -0.4 is 5.32 Å². The van der Waals surface area contributed by atoms with Crippen LogP contribution in [0.4, 0.5) is 0 Å². The van der Waals surface area contributed by atoms with E-state index in [9.17, 15) is 14.4 Å². The molecule has 1 aliphatic rings. The van der Waals surface area contributed by atoms with Crippen molar-refractivity contribution < 1.29 is 19.1 Å². The van der Waals surface area contributed by atoms with Crippen molar-refractivity contribution in [3.05, 3.63) is 11.6 Å². The standard InChI is InChI=1S/C24H43N3O4.CH4/c1-10-31-23(30)17(4)15-19(16(2)3)27(9)22(29)20(24(5,6)7)25-21(28)18-13-11-12-14-26(18)8;/h15-16,18-20H,10-14H2,1-9H3,(H,25,28);1H4/b17-15+;/t18-,19+,20+;/m0./s1. The number of carbonyl (C=O) groups is 3. The van der Waals surface area contributed by atoms with E-state index in [-0.39, 0.29) is 43.2 Å². The normalized spacial score (nSPS) is 19.6. The molecule has 0 aliphatic carbocycles. The first-order valence-corrected chi connectivity index (χ1v) is 11.4. The minimum Gasteiger partial charge on any atom is -0.463 e. The first kappa shape index (κ1) is 30.1. The summed E-state index contributed by atoms with van der Waals surface area (Å²) in [5.74, 6) is -0.553. The van der Waals surface area contributed by atoms with Crippen LogP contribution in [0.2, 0.25) is 0 Å². The molecule has 1 heterocycles. The Hall–Kier alpha value is -1.89. The van der Waals surface area contributed by atoms with Gasteiger partial charge in [-0.05, 0) is 51.6 Å². The van der Waals surface area contributed by atoms with Gasteiger partial charge >= 0.3 is 5.97 Å². The molecule has 1 rings (SSSR count). The first-order valence-electron chi connectivity index (χ1n) is 11.4. The number of likely N-dealkylation sites (N-methyl/N-ethyl adjacent to an activating group) is 2. The van der Waals surface area contributed by atoms with Gasteiger partial charge in [-0.1, -0.05) is 54.5 Å². The molecular weight excluding hydrogens is 406 g/mol. The second-order valence-electron chi connectivity index (χ2n) is 10.1. The summed E-state index contributed by atoms with van der Waals surface area (Å²) in [6, 6.07) is -1.17. The van der Waals surface area contributed by atoms with Crippen LogP contribution in [0, 0.1) is 11.3 Å². The Morgan fingerprint density at radius 1 is 1.22 bits per heavy atom. The maximum atomic E-state index is 13.6. The Morgan fingerprint density at radius 3 is 2.28 bits per heavy atom. The zero-order valence-electron chi connectivity index (χ0n) is 20.9. The minimum atomic E-state index is -0.669. The van der Waals surface area contributed by atoms with Crippen LogP contribution in [0.5, 0.6) is 0 Å². The Labute approximate surface area is 195 Å². The molecule has 1 saturated heterocycles. The third-order valence-corrected chi connectivity index (χ3v) is 5.97. The predicted molar refractivity (Wildman–Crippen MR) is 130 cm³/mol. The molecule has 0 aromatic rings. The number of amides is 2. The summed E-state index contributed by atoms with van der Waals surface area (Å²) in [4.78, 5) is 42.4. The molecule has 0 saturated carbocycles. The lowest BCUT2D eigenvalue weighted by molar-refractivity contribution is -0.141. The molecule has 1 aliphatic heterocycles. The number of likely N-dealkylation sites (tertiary alicyclic amines) is 1. The molecule has 0 bridgehead atoms. The lowest BCUT2D eigenvalue weighted by Gasteiger charge is -2.39. The molecule has 2 amide bonds. The van der Waals surface area contributed by atoms with Crippen LogP contribution in [0.25, 0.3) is 0 Å². The Balaban J connectivity index is 0.00000961. The van der Waals surface area contributed by atoms with E-state index < -0.39 is 11.5 Å². The highest BCUT2D eigenvalue weighted by Gasteiger charge is 2.39. The summed E-state index contributed by atoms with van der Waals surface area (Å²) in [6.45, 7) is 14.5. The third kappa shape index (κ3) is 8.23. The SMILES string of the molecule is C.CCOC(=O)/C(C)=C/[C@H](C(C)C)N(C)C(=O)[C@@H](NC(=O)[C@@H]1CCCCN1C)C(C)(C)C. The fourth-order valence-corrected chi connectivity index (χ4v) is 3.96. The van der Waals surface area contributed by atoms with Gasteiger partial charge in [0.2, 0.25) is 11.8 Å². The van der Waals surface area contributed by atoms with Gasteiger partial charge in [0, 0.05) is 12.6 Å². The summed E-state index contributed by atoms with van der Waals surface area (Å²) in [6.07, 6.45) is 4.70. The maximum Gasteiger partial charge on any atom is 0.333 e. The highest BCUT2D eigenvalue weighted by Crippen LogP contribution is 2.25. The first-order chi connectivity index (χ1) is 14.3. The van der Waals surface area contributed by atoms with Crippen molar-refractivity contribution in [2.75, 3.05) is 27.2 Å². The van der Waals surface area contributed by atoms with Crippen LogP contribution >= 0.6 is 0 Å². The molecule has 186 valence electrons. The number of hydrogen-bond acceptors (Lipinski definition) is 5. The Kier molecular flexibility index (Phi) is 12.2. The van der Waals surface area contributed by atoms with Crippen molar-refractivity contribution in [3.8, 4) is 0 Å². The van der Waals surface area contributed by atoms with E-state index in [1.807, 2.05) is 41.7 Å². The van der Waals surface area contributed by atoms with Crippen molar-refractivity contribution in [2.45, 2.75) is 93.3 Å². The van der Waals surface area contributed by atoms with Gasteiger partial charge in [0.15, 0.2) is 0 Å². The van der Waals surface area contributed by atoms with E-state index >= 15 is 0 Å². The summed E-state index contributed by atoms with van der Waals surface area (Å²) >= 11 is 0. The second kappa shape index (κ2) is 13.0. The number of ether oxygens (including phenoxy) is 1. The molecule has 32 heavy (non-hydrogen) atoms. The van der Waals surface area contributed by atoms with Crippen molar-refractivity contribution in [3.63, 3.8) is 0 Å². The lowest BCUT2D eigenvalue weighted by atomic mass is 9.84. The van der Waals surface area contributed by atoms with E-state index in [4.69, 9.17) is 4.74 Å². The summed E-state index contributed by atoms with van der Waals surface area (Å²) in [7, 11) is 3.70. The number of rotatable bonds is 8. The van der Waals surface area contributed by atoms with Crippen molar-refractivity contribution in [2.24, 2.45) is 11.3 Å². The molecule has 1 fully saturated rings. The van der Waals surface area contributed by atoms with Gasteiger partial charge < -0.3 is 15.0 Å². The summed E-state index contributed by atoms with van der Waals surface area (Å²) in [5.41, 5.74) is 0.00994. The van der Waals surface area contributed by atoms with Gasteiger partial charge in [-0.2, -0.15) is 0 Å². The van der Waals surface area contributed by atoms with Crippen LogP contribution in [-0.2, 0) is 19.1 Å². The molecule has 7 heteroatoms. The zero-order valence-corrected chi connectivity index (χ0v) is 20.9. The lowest BCUT2D eigenvalue weighted by Crippen LogP contribution is -2.59. The van der Waals surface area contributed by atoms with Gasteiger partial charge in [0.05, 0.1) is 18.7 Å². The fourth-order valence-electron chi connectivity index (χ4n) is 3.96. The average molecular weight is 454 g/mol. The maximum absolute atomic E-state index is 13.6. The minimum absolute atomic E-state index is 0. The smallest absolute Gasteiger partial charge is 0.333 e. The third-order valence-electron chi connectivity index (χ3n) is 5.97. The van der Waals surface area contributed by atoms with Crippen LogP contribution in [0.1, 0.15) is 75.2 Å². The molecule has 0 aromatic heterocycles. The molecule has 1 N–H and O–H groups in total. The van der Waals surface area contributed by atoms with Gasteiger partial charge in [-0.15, -0.1) is 0 Å². The van der Waals surface area contributed by atoms with Crippen LogP contribution in [0.15, 0.2) is 11.6 Å². The molecule has 0 aromatic carbocycles. The number of esters is 1. The molecule has 7 nitrogen and oxygen atoms in total. The fraction of sp³-hybridized carbons (Fsp3) is 0.800. The topological polar surface area (TPSA) is 79.0 Å². The molecular formula is C25H47N3O4. The number of nitrogens with one attached hydrogen (secondary N) is 1. The second-order valence-corrected chi connectivity index (χ2v) is 10.1. The van der Waals surface area contributed by atoms with E-state index in [1.54, 1.807) is 31.9 Å². The number of hydrogen-bond donors (Lipinski definition) is 1. The van der Waals surface area contributed by atoms with E-state index in [0.29, 0.717) is 12.2 Å². The average Bonchev–Trinajstić information content (AvgIpc) is 2.68. The number of carbonyl (C=O) groups excluding carboxylic acids is 3. The van der Waals surface area contributed by atoms with Crippen LogP contribution in [-0.4, -0.2) is 73.0 Å². The number of nitrogens with zero attached hydrogens (tertiary/aromatic N) is 2. The van der Waals surface area contributed by atoms with Gasteiger partial charge in [-0.25, -0.2) is 4.79 Å². The van der Waals surface area contributed by atoms with Crippen LogP contribution in [0.3, 0.4) is 0 Å². The zero-order chi connectivity index (χ0) is 23.9. The van der Waals surface area contributed by atoms with Crippen molar-refractivity contribution >= 4 is 17.8 Å². The largest absolute Gasteiger partial charge is 0.463 e. The van der Waals surface area contributed by atoms with Crippen molar-refractivity contribution in [1.82, 2.24) is 15.1 Å². The van der Waals surface area contributed by atoms with Crippen molar-refractivity contribution in [1.29, 1.82) is 0 Å². The van der Waals surface area contributed by atoms with E-state index in [2.05, 4.69) is 10.2 Å². The van der Waals surface area contributed by atoms with E-state index in [0.717, 1.165) is 25.8 Å². The molecule has 0 unspecified atom stereocenters.